The summed E-state index contributed by atoms with van der Waals surface area (Å²) in [6, 6.07) is 10.1. The zero-order chi connectivity index (χ0) is 14.8. The molecule has 0 atom stereocenters. The second kappa shape index (κ2) is 5.44. The first-order valence-electron chi connectivity index (χ1n) is 6.98. The lowest BCUT2D eigenvalue weighted by atomic mass is 10.2. The van der Waals surface area contributed by atoms with Gasteiger partial charge in [0.25, 0.3) is 0 Å². The monoisotopic (exact) mass is 281 g/mol. The smallest absolute Gasteiger partial charge is 0.0666 e. The topological polar surface area (TPSA) is 47.7 Å². The Kier molecular flexibility index (Phi) is 3.48. The van der Waals surface area contributed by atoms with Crippen LogP contribution in [0.2, 0.25) is 0 Å². The van der Waals surface area contributed by atoms with Gasteiger partial charge in [-0.1, -0.05) is 6.07 Å². The molecule has 0 unspecified atom stereocenters. The maximum Gasteiger partial charge on any atom is 0.0666 e. The van der Waals surface area contributed by atoms with Gasteiger partial charge in [0, 0.05) is 42.9 Å². The highest BCUT2D eigenvalue weighted by molar-refractivity contribution is 5.51. The van der Waals surface area contributed by atoms with Crippen LogP contribution in [0.4, 0.5) is 5.69 Å². The van der Waals surface area contributed by atoms with Crippen molar-refractivity contribution in [2.75, 3.05) is 5.32 Å². The van der Waals surface area contributed by atoms with Gasteiger partial charge in [0.1, 0.15) is 0 Å². The molecule has 0 saturated carbocycles. The van der Waals surface area contributed by atoms with E-state index in [2.05, 4.69) is 34.6 Å². The van der Waals surface area contributed by atoms with E-state index < -0.39 is 0 Å². The number of aromatic nitrogens is 4. The van der Waals surface area contributed by atoms with Crippen molar-refractivity contribution in [3.05, 3.63) is 59.7 Å². The van der Waals surface area contributed by atoms with Gasteiger partial charge < -0.3 is 5.32 Å². The number of aryl methyl sites for hydroxylation is 2. The molecular weight excluding hydrogens is 262 g/mol. The highest BCUT2D eigenvalue weighted by Gasteiger charge is 2.08. The maximum absolute atomic E-state index is 4.44. The summed E-state index contributed by atoms with van der Waals surface area (Å²) >= 11 is 0. The number of anilines is 1. The third kappa shape index (κ3) is 2.67. The third-order valence-electron chi connectivity index (χ3n) is 3.74. The van der Waals surface area contributed by atoms with Crippen LogP contribution in [0.1, 0.15) is 17.0 Å². The fourth-order valence-electron chi connectivity index (χ4n) is 2.44. The fraction of sp³-hybridized carbons (Fsp3) is 0.250. The van der Waals surface area contributed by atoms with Crippen LogP contribution in [0.3, 0.4) is 0 Å². The molecule has 5 nitrogen and oxygen atoms in total. The van der Waals surface area contributed by atoms with Crippen molar-refractivity contribution in [2.45, 2.75) is 20.4 Å². The molecule has 21 heavy (non-hydrogen) atoms. The minimum absolute atomic E-state index is 0.772. The Bertz CT molecular complexity index is 740. The minimum Gasteiger partial charge on any atom is -0.381 e. The normalized spacial score (nSPS) is 10.8. The van der Waals surface area contributed by atoms with E-state index in [1.165, 1.54) is 11.3 Å². The van der Waals surface area contributed by atoms with Gasteiger partial charge in [-0.15, -0.1) is 0 Å². The van der Waals surface area contributed by atoms with Crippen LogP contribution in [-0.4, -0.2) is 19.6 Å². The van der Waals surface area contributed by atoms with Gasteiger partial charge in [-0.05, 0) is 38.1 Å². The predicted octanol–water partition coefficient (Wildman–Crippen LogP) is 2.83. The molecule has 0 bridgehead atoms. The van der Waals surface area contributed by atoms with E-state index in [0.29, 0.717) is 0 Å². The van der Waals surface area contributed by atoms with Crippen LogP contribution >= 0.6 is 0 Å². The summed E-state index contributed by atoms with van der Waals surface area (Å²) in [5, 5.41) is 12.2. The largest absolute Gasteiger partial charge is 0.381 e. The predicted molar refractivity (Wildman–Crippen MR) is 83.6 cm³/mol. The van der Waals surface area contributed by atoms with Gasteiger partial charge in [-0.3, -0.25) is 4.68 Å². The molecule has 5 heteroatoms. The van der Waals surface area contributed by atoms with E-state index in [9.17, 15) is 0 Å². The lowest BCUT2D eigenvalue weighted by Gasteiger charge is -2.09. The molecule has 108 valence electrons. The standard InChI is InChI=1S/C16H19N5/c1-12-16(13(2)20(3)19-12)11-17-14-6-4-7-15(10-14)21-9-5-8-18-21/h4-10,17H,11H2,1-3H3. The number of nitrogens with zero attached hydrogens (tertiary/aromatic N) is 4. The lowest BCUT2D eigenvalue weighted by Crippen LogP contribution is -2.03. The third-order valence-corrected chi connectivity index (χ3v) is 3.74. The number of nitrogens with one attached hydrogen (secondary N) is 1. The van der Waals surface area contributed by atoms with Crippen molar-refractivity contribution in [3.8, 4) is 5.69 Å². The molecule has 0 aliphatic carbocycles. The van der Waals surface area contributed by atoms with Crippen molar-refractivity contribution >= 4 is 5.69 Å². The summed E-state index contributed by atoms with van der Waals surface area (Å²) in [6.07, 6.45) is 3.72. The van der Waals surface area contributed by atoms with Crippen molar-refractivity contribution in [3.63, 3.8) is 0 Å². The van der Waals surface area contributed by atoms with E-state index in [4.69, 9.17) is 0 Å². The van der Waals surface area contributed by atoms with Crippen LogP contribution in [0.5, 0.6) is 0 Å². The fourth-order valence-corrected chi connectivity index (χ4v) is 2.44. The number of benzene rings is 1. The molecule has 0 aliphatic heterocycles. The summed E-state index contributed by atoms with van der Waals surface area (Å²) in [7, 11) is 1.98. The number of rotatable bonds is 4. The average molecular weight is 281 g/mol. The molecule has 2 aromatic heterocycles. The van der Waals surface area contributed by atoms with Gasteiger partial charge in [0.05, 0.1) is 11.4 Å². The highest BCUT2D eigenvalue weighted by atomic mass is 15.3. The van der Waals surface area contributed by atoms with Gasteiger partial charge in [-0.2, -0.15) is 10.2 Å². The van der Waals surface area contributed by atoms with E-state index in [-0.39, 0.29) is 0 Å². The molecule has 2 heterocycles. The van der Waals surface area contributed by atoms with E-state index in [1.807, 2.05) is 47.7 Å². The van der Waals surface area contributed by atoms with Crippen molar-refractivity contribution < 1.29 is 0 Å². The second-order valence-electron chi connectivity index (χ2n) is 5.13. The zero-order valence-corrected chi connectivity index (χ0v) is 12.5. The summed E-state index contributed by atoms with van der Waals surface area (Å²) in [5.41, 5.74) is 5.64. The molecule has 0 spiro atoms. The van der Waals surface area contributed by atoms with Crippen LogP contribution in [0.25, 0.3) is 5.69 Å². The first-order chi connectivity index (χ1) is 10.1. The lowest BCUT2D eigenvalue weighted by molar-refractivity contribution is 0.730. The number of hydrogen-bond donors (Lipinski definition) is 1. The zero-order valence-electron chi connectivity index (χ0n) is 12.5. The second-order valence-corrected chi connectivity index (χ2v) is 5.13. The summed E-state index contributed by atoms with van der Waals surface area (Å²) in [5.74, 6) is 0. The van der Waals surface area contributed by atoms with Crippen molar-refractivity contribution in [2.24, 2.45) is 7.05 Å². The molecule has 1 N–H and O–H groups in total. The highest BCUT2D eigenvalue weighted by Crippen LogP contribution is 2.17. The minimum atomic E-state index is 0.772. The molecule has 0 fully saturated rings. The van der Waals surface area contributed by atoms with Crippen LogP contribution < -0.4 is 5.32 Å². The Hall–Kier alpha value is -2.56. The van der Waals surface area contributed by atoms with Crippen LogP contribution in [-0.2, 0) is 13.6 Å². The molecule has 3 rings (SSSR count). The SMILES string of the molecule is Cc1nn(C)c(C)c1CNc1cccc(-n2cccn2)c1. The van der Waals surface area contributed by atoms with E-state index >= 15 is 0 Å². The molecule has 0 aliphatic rings. The van der Waals surface area contributed by atoms with Gasteiger partial charge >= 0.3 is 0 Å². The van der Waals surface area contributed by atoms with E-state index in [0.717, 1.165) is 23.6 Å². The van der Waals surface area contributed by atoms with Gasteiger partial charge in [-0.25, -0.2) is 4.68 Å². The Morgan fingerprint density at radius 1 is 1.19 bits per heavy atom. The van der Waals surface area contributed by atoms with Gasteiger partial charge in [0.15, 0.2) is 0 Å². The molecule has 3 aromatic rings. The summed E-state index contributed by atoms with van der Waals surface area (Å²) in [4.78, 5) is 0. The Labute approximate surface area is 124 Å². The first kappa shape index (κ1) is 13.4. The Morgan fingerprint density at radius 2 is 2.05 bits per heavy atom. The van der Waals surface area contributed by atoms with Crippen molar-refractivity contribution in [1.29, 1.82) is 0 Å². The molecule has 0 saturated heterocycles. The van der Waals surface area contributed by atoms with Crippen LogP contribution in [0.15, 0.2) is 42.7 Å². The van der Waals surface area contributed by atoms with Crippen LogP contribution in [0, 0.1) is 13.8 Å². The summed E-state index contributed by atoms with van der Waals surface area (Å²) < 4.78 is 3.78. The summed E-state index contributed by atoms with van der Waals surface area (Å²) in [6.45, 7) is 4.91. The molecule has 0 amide bonds. The Balaban J connectivity index is 1.78. The van der Waals surface area contributed by atoms with Gasteiger partial charge in [0.2, 0.25) is 0 Å². The Morgan fingerprint density at radius 3 is 2.71 bits per heavy atom. The molecular formula is C16H19N5. The quantitative estimate of drug-likeness (QED) is 0.800. The average Bonchev–Trinajstić information content (AvgIpc) is 3.08. The molecule has 0 radical (unpaired) electrons. The van der Waals surface area contributed by atoms with Crippen molar-refractivity contribution in [1.82, 2.24) is 19.6 Å². The first-order valence-corrected chi connectivity index (χ1v) is 6.98. The number of hydrogen-bond acceptors (Lipinski definition) is 3. The van der Waals surface area contributed by atoms with E-state index in [1.54, 1.807) is 6.20 Å². The maximum atomic E-state index is 4.44. The molecule has 1 aromatic carbocycles.